The van der Waals surface area contributed by atoms with E-state index in [1.165, 1.54) is 4.90 Å². The van der Waals surface area contributed by atoms with Crippen LogP contribution in [0.2, 0.25) is 5.02 Å². The molecule has 1 saturated heterocycles. The molecule has 2 atom stereocenters. The molecule has 2 rings (SSSR count). The Kier molecular flexibility index (Phi) is 4.70. The van der Waals surface area contributed by atoms with E-state index in [0.29, 0.717) is 15.2 Å². The molecule has 1 heterocycles. The molecule has 2 amide bonds. The third-order valence-electron chi connectivity index (χ3n) is 3.58. The molecule has 0 aliphatic carbocycles. The van der Waals surface area contributed by atoms with Gasteiger partial charge in [0, 0.05) is 10.2 Å². The Labute approximate surface area is 131 Å². The third-order valence-corrected chi connectivity index (χ3v) is 4.79. The normalized spacial score (nSPS) is 20.8. The van der Waals surface area contributed by atoms with Crippen molar-refractivity contribution < 1.29 is 9.59 Å². The number of hydrogen-bond donors (Lipinski definition) is 1. The molecule has 1 aromatic carbocycles. The molecule has 1 N–H and O–H groups in total. The molecular weight excluding hydrogens is 344 g/mol. The van der Waals surface area contributed by atoms with Gasteiger partial charge in [0.15, 0.2) is 0 Å². The first-order valence-corrected chi connectivity index (χ1v) is 7.67. The zero-order chi connectivity index (χ0) is 14.9. The van der Waals surface area contributed by atoms with Crippen molar-refractivity contribution in [2.24, 2.45) is 5.92 Å². The van der Waals surface area contributed by atoms with Gasteiger partial charge in [-0.1, -0.05) is 31.9 Å². The predicted molar refractivity (Wildman–Crippen MR) is 82.9 cm³/mol. The standard InChI is InChI=1S/C14H16BrClN2O2/c1-3-8(2)13-14(20)18(7-12(19)17-13)9-4-5-11(16)10(15)6-9/h4-6,8,13H,3,7H2,1-2H3,(H,17,19). The SMILES string of the molecule is CCC(C)C1NC(=O)CN(c2ccc(Cl)c(Br)c2)C1=O. The summed E-state index contributed by atoms with van der Waals surface area (Å²) in [5, 5.41) is 3.35. The molecule has 1 aromatic rings. The summed E-state index contributed by atoms with van der Waals surface area (Å²) in [5.74, 6) is -0.112. The highest BCUT2D eigenvalue weighted by molar-refractivity contribution is 9.10. The molecule has 0 aromatic heterocycles. The van der Waals surface area contributed by atoms with Gasteiger partial charge in [-0.05, 0) is 40.0 Å². The quantitative estimate of drug-likeness (QED) is 0.902. The minimum absolute atomic E-state index is 0.0415. The van der Waals surface area contributed by atoms with Crippen LogP contribution in [0.4, 0.5) is 5.69 Å². The van der Waals surface area contributed by atoms with Gasteiger partial charge in [0.1, 0.15) is 12.6 Å². The van der Waals surface area contributed by atoms with Crippen molar-refractivity contribution in [3.63, 3.8) is 0 Å². The number of piperazine rings is 1. The summed E-state index contributed by atoms with van der Waals surface area (Å²) in [4.78, 5) is 25.9. The molecule has 1 aliphatic heterocycles. The molecule has 108 valence electrons. The van der Waals surface area contributed by atoms with E-state index >= 15 is 0 Å². The molecular formula is C14H16BrClN2O2. The summed E-state index contributed by atoms with van der Waals surface area (Å²) in [6.45, 7) is 4.01. The van der Waals surface area contributed by atoms with Crippen molar-refractivity contribution in [1.29, 1.82) is 0 Å². The number of rotatable bonds is 3. The van der Waals surface area contributed by atoms with Gasteiger partial charge in [-0.15, -0.1) is 0 Å². The summed E-state index contributed by atoms with van der Waals surface area (Å²) in [5.41, 5.74) is 0.675. The van der Waals surface area contributed by atoms with Gasteiger partial charge < -0.3 is 10.2 Å². The maximum atomic E-state index is 12.5. The summed E-state index contributed by atoms with van der Waals surface area (Å²) in [6.07, 6.45) is 0.828. The second kappa shape index (κ2) is 6.14. The summed E-state index contributed by atoms with van der Waals surface area (Å²) >= 11 is 9.29. The number of amides is 2. The summed E-state index contributed by atoms with van der Waals surface area (Å²) in [6, 6.07) is 4.75. The lowest BCUT2D eigenvalue weighted by Crippen LogP contribution is -2.60. The molecule has 2 unspecified atom stereocenters. The van der Waals surface area contributed by atoms with Crippen LogP contribution >= 0.6 is 27.5 Å². The van der Waals surface area contributed by atoms with Crippen LogP contribution in [0.3, 0.4) is 0 Å². The maximum Gasteiger partial charge on any atom is 0.250 e. The Morgan fingerprint density at radius 1 is 1.50 bits per heavy atom. The fourth-order valence-corrected chi connectivity index (χ4v) is 2.65. The Morgan fingerprint density at radius 2 is 2.20 bits per heavy atom. The lowest BCUT2D eigenvalue weighted by molar-refractivity contribution is -0.132. The van der Waals surface area contributed by atoms with Crippen LogP contribution in [0.5, 0.6) is 0 Å². The van der Waals surface area contributed by atoms with E-state index in [1.54, 1.807) is 18.2 Å². The van der Waals surface area contributed by atoms with Crippen LogP contribution < -0.4 is 10.2 Å². The minimum Gasteiger partial charge on any atom is -0.342 e. The van der Waals surface area contributed by atoms with Gasteiger partial charge in [0.05, 0.1) is 5.02 Å². The second-order valence-corrected chi connectivity index (χ2v) is 6.22. The number of nitrogens with one attached hydrogen (secondary N) is 1. The Bertz CT molecular complexity index is 550. The molecule has 1 aliphatic rings. The number of anilines is 1. The largest absolute Gasteiger partial charge is 0.342 e. The molecule has 20 heavy (non-hydrogen) atoms. The molecule has 1 fully saturated rings. The fraction of sp³-hybridized carbons (Fsp3) is 0.429. The van der Waals surface area contributed by atoms with Crippen LogP contribution in [0.1, 0.15) is 20.3 Å². The highest BCUT2D eigenvalue weighted by atomic mass is 79.9. The lowest BCUT2D eigenvalue weighted by atomic mass is 9.96. The van der Waals surface area contributed by atoms with E-state index in [0.717, 1.165) is 6.42 Å². The molecule has 0 spiro atoms. The van der Waals surface area contributed by atoms with Crippen molar-refractivity contribution in [2.45, 2.75) is 26.3 Å². The van der Waals surface area contributed by atoms with Gasteiger partial charge in [-0.2, -0.15) is 0 Å². The summed E-state index contributed by atoms with van der Waals surface area (Å²) < 4.78 is 0.704. The Morgan fingerprint density at radius 3 is 2.80 bits per heavy atom. The highest BCUT2D eigenvalue weighted by Gasteiger charge is 2.36. The number of carbonyl (C=O) groups is 2. The number of carbonyl (C=O) groups excluding carboxylic acids is 2. The smallest absolute Gasteiger partial charge is 0.250 e. The van der Waals surface area contributed by atoms with Gasteiger partial charge in [-0.25, -0.2) is 0 Å². The molecule has 6 heteroatoms. The first-order valence-electron chi connectivity index (χ1n) is 6.49. The highest BCUT2D eigenvalue weighted by Crippen LogP contribution is 2.29. The average Bonchev–Trinajstić information content (AvgIpc) is 2.43. The van der Waals surface area contributed by atoms with Crippen LogP contribution in [0.15, 0.2) is 22.7 Å². The van der Waals surface area contributed by atoms with E-state index in [1.807, 2.05) is 13.8 Å². The van der Waals surface area contributed by atoms with E-state index in [4.69, 9.17) is 11.6 Å². The topological polar surface area (TPSA) is 49.4 Å². The Hall–Kier alpha value is -1.07. The fourth-order valence-electron chi connectivity index (χ4n) is 2.16. The minimum atomic E-state index is -0.462. The number of halogens is 2. The van der Waals surface area contributed by atoms with Crippen LogP contribution in [-0.4, -0.2) is 24.4 Å². The van der Waals surface area contributed by atoms with E-state index in [2.05, 4.69) is 21.2 Å². The number of hydrogen-bond acceptors (Lipinski definition) is 2. The van der Waals surface area contributed by atoms with Crippen molar-refractivity contribution >= 4 is 45.0 Å². The van der Waals surface area contributed by atoms with Crippen molar-refractivity contribution in [1.82, 2.24) is 5.32 Å². The first kappa shape index (κ1) is 15.3. The number of benzene rings is 1. The predicted octanol–water partition coefficient (Wildman–Crippen LogP) is 2.98. The Balaban J connectivity index is 2.32. The molecule has 0 bridgehead atoms. The molecule has 0 saturated carbocycles. The number of nitrogens with zero attached hydrogens (tertiary/aromatic N) is 1. The van der Waals surface area contributed by atoms with Crippen molar-refractivity contribution in [3.05, 3.63) is 27.7 Å². The van der Waals surface area contributed by atoms with Crippen molar-refractivity contribution in [2.75, 3.05) is 11.4 Å². The maximum absolute atomic E-state index is 12.5. The molecule has 4 nitrogen and oxygen atoms in total. The van der Waals surface area contributed by atoms with E-state index in [9.17, 15) is 9.59 Å². The van der Waals surface area contributed by atoms with Gasteiger partial charge in [0.2, 0.25) is 11.8 Å². The van der Waals surface area contributed by atoms with Crippen LogP contribution in [0, 0.1) is 5.92 Å². The van der Waals surface area contributed by atoms with Gasteiger partial charge in [-0.3, -0.25) is 9.59 Å². The third kappa shape index (κ3) is 2.99. The van der Waals surface area contributed by atoms with Gasteiger partial charge in [0.25, 0.3) is 0 Å². The average molecular weight is 360 g/mol. The van der Waals surface area contributed by atoms with Crippen molar-refractivity contribution in [3.8, 4) is 0 Å². The van der Waals surface area contributed by atoms with Crippen LogP contribution in [-0.2, 0) is 9.59 Å². The van der Waals surface area contributed by atoms with E-state index in [-0.39, 0.29) is 24.3 Å². The molecule has 0 radical (unpaired) electrons. The van der Waals surface area contributed by atoms with E-state index < -0.39 is 6.04 Å². The summed E-state index contributed by atoms with van der Waals surface area (Å²) in [7, 11) is 0. The monoisotopic (exact) mass is 358 g/mol. The van der Waals surface area contributed by atoms with Crippen LogP contribution in [0.25, 0.3) is 0 Å². The zero-order valence-electron chi connectivity index (χ0n) is 11.3. The second-order valence-electron chi connectivity index (χ2n) is 4.95. The first-order chi connectivity index (χ1) is 9.43. The lowest BCUT2D eigenvalue weighted by Gasteiger charge is -2.35. The van der Waals surface area contributed by atoms with Gasteiger partial charge >= 0.3 is 0 Å². The zero-order valence-corrected chi connectivity index (χ0v) is 13.7.